The summed E-state index contributed by atoms with van der Waals surface area (Å²) in [6, 6.07) is 7.70. The molecule has 2 fully saturated rings. The van der Waals surface area contributed by atoms with E-state index in [2.05, 4.69) is 17.0 Å². The summed E-state index contributed by atoms with van der Waals surface area (Å²) in [6.45, 7) is 5.62. The van der Waals surface area contributed by atoms with E-state index >= 15 is 0 Å². The van der Waals surface area contributed by atoms with Gasteiger partial charge in [-0.3, -0.25) is 9.59 Å². The number of carbonyl (C=O) groups is 2. The molecule has 0 aliphatic carbocycles. The predicted octanol–water partition coefficient (Wildman–Crippen LogP) is 3.03. The van der Waals surface area contributed by atoms with Crippen LogP contribution >= 0.6 is 0 Å². The van der Waals surface area contributed by atoms with Gasteiger partial charge in [0.1, 0.15) is 17.2 Å². The standard InChI is InChI=1S/C24H27F2N3O3/c1-15-3-5-21(16(2)11-15)27-7-9-28(10-8-27)24(32)23-19(25)12-18(13-20(23)26)29-17(14-30)4-6-22(29)31/h3,5,11-13,17,30H,4,6-10,14H2,1-2H3/t17-/m0/s1. The molecule has 1 atom stereocenters. The summed E-state index contributed by atoms with van der Waals surface area (Å²) in [5, 5.41) is 9.46. The average molecular weight is 443 g/mol. The molecule has 6 nitrogen and oxygen atoms in total. The Balaban J connectivity index is 1.50. The molecule has 2 amide bonds. The molecule has 2 aliphatic rings. The molecule has 2 aliphatic heterocycles. The third-order valence-electron chi connectivity index (χ3n) is 6.31. The Hall–Kier alpha value is -3.00. The number of nitrogens with zero attached hydrogens (tertiary/aromatic N) is 3. The molecule has 170 valence electrons. The fourth-order valence-electron chi connectivity index (χ4n) is 4.64. The molecule has 0 unspecified atom stereocenters. The minimum absolute atomic E-state index is 0.0257. The van der Waals surface area contributed by atoms with Gasteiger partial charge in [0, 0.05) is 44.0 Å². The highest BCUT2D eigenvalue weighted by atomic mass is 19.1. The molecule has 2 heterocycles. The van der Waals surface area contributed by atoms with Crippen LogP contribution in [0.2, 0.25) is 0 Å². The van der Waals surface area contributed by atoms with Crippen LogP contribution in [-0.2, 0) is 4.79 Å². The van der Waals surface area contributed by atoms with Crippen molar-refractivity contribution in [2.75, 3.05) is 42.6 Å². The van der Waals surface area contributed by atoms with Crippen LogP contribution in [0.25, 0.3) is 0 Å². The number of hydrogen-bond acceptors (Lipinski definition) is 4. The van der Waals surface area contributed by atoms with Crippen LogP contribution in [0.15, 0.2) is 30.3 Å². The van der Waals surface area contributed by atoms with E-state index < -0.39 is 29.1 Å². The van der Waals surface area contributed by atoms with Crippen molar-refractivity contribution in [2.45, 2.75) is 32.7 Å². The Kier molecular flexibility index (Phi) is 6.15. The van der Waals surface area contributed by atoms with E-state index in [1.807, 2.05) is 19.9 Å². The van der Waals surface area contributed by atoms with Gasteiger partial charge >= 0.3 is 0 Å². The van der Waals surface area contributed by atoms with Crippen LogP contribution in [0.3, 0.4) is 0 Å². The highest BCUT2D eigenvalue weighted by molar-refractivity contribution is 5.98. The number of aryl methyl sites for hydroxylation is 2. The van der Waals surface area contributed by atoms with E-state index in [4.69, 9.17) is 0 Å². The van der Waals surface area contributed by atoms with Gasteiger partial charge in [0.15, 0.2) is 0 Å². The fraction of sp³-hybridized carbons (Fsp3) is 0.417. The Morgan fingerprint density at radius 2 is 1.72 bits per heavy atom. The van der Waals surface area contributed by atoms with Crippen molar-refractivity contribution in [1.82, 2.24) is 4.90 Å². The van der Waals surface area contributed by atoms with E-state index in [0.29, 0.717) is 32.6 Å². The van der Waals surface area contributed by atoms with Gasteiger partial charge in [-0.1, -0.05) is 17.7 Å². The summed E-state index contributed by atoms with van der Waals surface area (Å²) in [4.78, 5) is 29.9. The molecule has 2 aromatic rings. The van der Waals surface area contributed by atoms with Crippen LogP contribution in [-0.4, -0.2) is 60.6 Å². The first-order chi connectivity index (χ1) is 15.3. The number of rotatable bonds is 4. The monoisotopic (exact) mass is 443 g/mol. The number of halogens is 2. The molecule has 4 rings (SSSR count). The van der Waals surface area contributed by atoms with Crippen molar-refractivity contribution in [2.24, 2.45) is 0 Å². The molecule has 0 aromatic heterocycles. The van der Waals surface area contributed by atoms with Crippen molar-refractivity contribution < 1.29 is 23.5 Å². The molecule has 0 radical (unpaired) electrons. The minimum atomic E-state index is -1.00. The third-order valence-corrected chi connectivity index (χ3v) is 6.31. The van der Waals surface area contributed by atoms with E-state index in [1.54, 1.807) is 0 Å². The van der Waals surface area contributed by atoms with Gasteiger partial charge in [0.25, 0.3) is 5.91 Å². The zero-order valence-electron chi connectivity index (χ0n) is 18.3. The third kappa shape index (κ3) is 4.07. The molecule has 32 heavy (non-hydrogen) atoms. The van der Waals surface area contributed by atoms with Crippen molar-refractivity contribution in [1.29, 1.82) is 0 Å². The second-order valence-corrected chi connectivity index (χ2v) is 8.49. The highest BCUT2D eigenvalue weighted by Gasteiger charge is 2.34. The first kappa shape index (κ1) is 22.2. The van der Waals surface area contributed by atoms with Gasteiger partial charge < -0.3 is 19.8 Å². The number of aliphatic hydroxyl groups excluding tert-OH is 1. The summed E-state index contributed by atoms with van der Waals surface area (Å²) in [6.07, 6.45) is 0.629. The maximum atomic E-state index is 14.9. The maximum absolute atomic E-state index is 14.9. The van der Waals surface area contributed by atoms with Crippen molar-refractivity contribution in [3.05, 3.63) is 58.7 Å². The quantitative estimate of drug-likeness (QED) is 0.789. The van der Waals surface area contributed by atoms with Crippen LogP contribution in [0.5, 0.6) is 0 Å². The van der Waals surface area contributed by atoms with Crippen LogP contribution in [0.1, 0.15) is 34.3 Å². The average Bonchev–Trinajstić information content (AvgIpc) is 3.14. The second-order valence-electron chi connectivity index (χ2n) is 8.49. The first-order valence-corrected chi connectivity index (χ1v) is 10.8. The molecule has 0 spiro atoms. The largest absolute Gasteiger partial charge is 0.394 e. The van der Waals surface area contributed by atoms with Crippen LogP contribution < -0.4 is 9.80 Å². The van der Waals surface area contributed by atoms with Gasteiger partial charge in [0.05, 0.1) is 12.6 Å². The number of carbonyl (C=O) groups excluding carboxylic acids is 2. The molecular weight excluding hydrogens is 416 g/mol. The summed E-state index contributed by atoms with van der Waals surface area (Å²) in [5.74, 6) is -3.00. The number of amides is 2. The van der Waals surface area contributed by atoms with Gasteiger partial charge in [-0.25, -0.2) is 8.78 Å². The van der Waals surface area contributed by atoms with E-state index in [1.165, 1.54) is 15.4 Å². The Bertz CT molecular complexity index is 1030. The smallest absolute Gasteiger partial charge is 0.259 e. The SMILES string of the molecule is Cc1ccc(N2CCN(C(=O)c3c(F)cc(N4C(=O)CC[C@H]4CO)cc3F)CC2)c(C)c1. The predicted molar refractivity (Wildman–Crippen MR) is 118 cm³/mol. The second kappa shape index (κ2) is 8.86. The van der Waals surface area contributed by atoms with E-state index in [-0.39, 0.29) is 24.6 Å². The van der Waals surface area contributed by atoms with E-state index in [9.17, 15) is 23.5 Å². The Labute approximate surface area is 186 Å². The molecule has 0 bridgehead atoms. The molecular formula is C24H27F2N3O3. The molecule has 2 saturated heterocycles. The molecule has 0 saturated carbocycles. The number of aliphatic hydroxyl groups is 1. The Morgan fingerprint density at radius 3 is 2.31 bits per heavy atom. The first-order valence-electron chi connectivity index (χ1n) is 10.8. The summed E-state index contributed by atoms with van der Waals surface area (Å²) in [5.41, 5.74) is 2.84. The zero-order valence-corrected chi connectivity index (χ0v) is 18.3. The Morgan fingerprint density at radius 1 is 1.06 bits per heavy atom. The number of benzene rings is 2. The van der Waals surface area contributed by atoms with Crippen LogP contribution in [0, 0.1) is 25.5 Å². The van der Waals surface area contributed by atoms with Gasteiger partial charge in [-0.15, -0.1) is 0 Å². The topological polar surface area (TPSA) is 64.1 Å². The zero-order chi connectivity index (χ0) is 23.0. The highest BCUT2D eigenvalue weighted by Crippen LogP contribution is 2.30. The summed E-state index contributed by atoms with van der Waals surface area (Å²) in [7, 11) is 0. The van der Waals surface area contributed by atoms with E-state index in [0.717, 1.165) is 23.4 Å². The van der Waals surface area contributed by atoms with Gasteiger partial charge in [-0.05, 0) is 44.0 Å². The lowest BCUT2D eigenvalue weighted by molar-refractivity contribution is -0.117. The molecule has 8 heteroatoms. The minimum Gasteiger partial charge on any atom is -0.394 e. The molecule has 1 N–H and O–H groups in total. The summed E-state index contributed by atoms with van der Waals surface area (Å²) < 4.78 is 29.7. The lowest BCUT2D eigenvalue weighted by Gasteiger charge is -2.37. The number of hydrogen-bond donors (Lipinski definition) is 1. The van der Waals surface area contributed by atoms with Crippen molar-refractivity contribution in [3.63, 3.8) is 0 Å². The van der Waals surface area contributed by atoms with Crippen LogP contribution in [0.4, 0.5) is 20.2 Å². The van der Waals surface area contributed by atoms with Gasteiger partial charge in [-0.2, -0.15) is 0 Å². The normalized spacial score (nSPS) is 19.1. The lowest BCUT2D eigenvalue weighted by atomic mass is 10.1. The van der Waals surface area contributed by atoms with Gasteiger partial charge in [0.2, 0.25) is 5.91 Å². The maximum Gasteiger partial charge on any atom is 0.259 e. The molecule has 2 aromatic carbocycles. The fourth-order valence-corrected chi connectivity index (χ4v) is 4.64. The number of piperazine rings is 1. The lowest BCUT2D eigenvalue weighted by Crippen LogP contribution is -2.49. The van der Waals surface area contributed by atoms with Crippen molar-refractivity contribution in [3.8, 4) is 0 Å². The van der Waals surface area contributed by atoms with Crippen molar-refractivity contribution >= 4 is 23.2 Å². The summed E-state index contributed by atoms with van der Waals surface area (Å²) >= 11 is 0. The number of anilines is 2.